The molecule has 3 aromatic heterocycles. The molecule has 4 heterocycles. The Hall–Kier alpha value is -2.23. The Morgan fingerprint density at radius 2 is 2.11 bits per heavy atom. The molecule has 0 bridgehead atoms. The number of thiophene rings is 1. The Labute approximate surface area is 232 Å². The Balaban J connectivity index is 1.37. The second-order valence-electron chi connectivity index (χ2n) is 8.81. The topological polar surface area (TPSA) is 153 Å². The molecule has 15 heteroatoms. The van der Waals surface area contributed by atoms with Gasteiger partial charge in [-0.1, -0.05) is 29.3 Å². The number of hydrogen-bond acceptors (Lipinski definition) is 11. The zero-order valence-corrected chi connectivity index (χ0v) is 23.1. The number of pyridine rings is 1. The van der Waals surface area contributed by atoms with Gasteiger partial charge in [-0.15, -0.1) is 11.3 Å². The van der Waals surface area contributed by atoms with Crippen molar-refractivity contribution in [3.05, 3.63) is 67.5 Å². The van der Waals surface area contributed by atoms with Crippen LogP contribution in [0.4, 0.5) is 5.82 Å². The van der Waals surface area contributed by atoms with E-state index in [1.165, 1.54) is 19.6 Å². The Morgan fingerprint density at radius 3 is 2.89 bits per heavy atom. The van der Waals surface area contributed by atoms with Gasteiger partial charge >= 0.3 is 10.3 Å². The van der Waals surface area contributed by atoms with Crippen molar-refractivity contribution in [1.82, 2.24) is 19.7 Å². The summed E-state index contributed by atoms with van der Waals surface area (Å²) in [6.45, 7) is 0.477. The van der Waals surface area contributed by atoms with E-state index in [1.807, 2.05) is 6.07 Å². The highest BCUT2D eigenvalue weighted by Gasteiger charge is 2.37. The Morgan fingerprint density at radius 1 is 1.29 bits per heavy atom. The largest absolute Gasteiger partial charge is 0.390 e. The molecule has 38 heavy (non-hydrogen) atoms. The Kier molecular flexibility index (Phi) is 7.99. The molecule has 1 saturated carbocycles. The standard InChI is InChI=1S/C23H23Cl2N5O6S2/c1-26-38(33,34)36-16-7-12(6-15(16)31)29-23-14(9-27-10-28-23)20(32)17-8-13(22(25)37-17)21-19-11(4-5-35-21)2-3-18(24)30-19/h2-3,8-10,12,15-16,21,26,31H,4-7H2,1H3,(H,27,28,29)/t12-,15+,16-,21+/m1/s1. The van der Waals surface area contributed by atoms with Gasteiger partial charge in [-0.25, -0.2) is 15.0 Å². The number of rotatable bonds is 8. The molecule has 1 aliphatic heterocycles. The first-order valence-corrected chi connectivity index (χ1v) is 14.6. The lowest BCUT2D eigenvalue weighted by Crippen LogP contribution is -2.31. The maximum Gasteiger partial charge on any atom is 0.335 e. The number of hydrogen-bond donors (Lipinski definition) is 3. The number of aromatic nitrogens is 3. The van der Waals surface area contributed by atoms with E-state index >= 15 is 0 Å². The maximum atomic E-state index is 13.5. The number of halogens is 2. The highest BCUT2D eigenvalue weighted by atomic mass is 35.5. The molecular formula is C23H23Cl2N5O6S2. The van der Waals surface area contributed by atoms with Crippen molar-refractivity contribution in [2.24, 2.45) is 0 Å². The predicted octanol–water partition coefficient (Wildman–Crippen LogP) is 2.92. The van der Waals surface area contributed by atoms with Crippen LogP contribution in [0.1, 0.15) is 51.0 Å². The van der Waals surface area contributed by atoms with Crippen LogP contribution in [0.3, 0.4) is 0 Å². The molecule has 202 valence electrons. The summed E-state index contributed by atoms with van der Waals surface area (Å²) < 4.78 is 36.9. The first-order chi connectivity index (χ1) is 18.1. The molecule has 1 fully saturated rings. The van der Waals surface area contributed by atoms with Crippen molar-refractivity contribution in [2.75, 3.05) is 19.0 Å². The van der Waals surface area contributed by atoms with Gasteiger partial charge < -0.3 is 15.2 Å². The van der Waals surface area contributed by atoms with E-state index in [0.717, 1.165) is 16.9 Å². The van der Waals surface area contributed by atoms with Crippen molar-refractivity contribution < 1.29 is 27.2 Å². The number of ketones is 1. The molecule has 0 spiro atoms. The van der Waals surface area contributed by atoms with Crippen molar-refractivity contribution in [3.63, 3.8) is 0 Å². The molecule has 11 nitrogen and oxygen atoms in total. The van der Waals surface area contributed by atoms with Crippen LogP contribution < -0.4 is 10.0 Å². The van der Waals surface area contributed by atoms with Crippen LogP contribution >= 0.6 is 34.5 Å². The molecule has 4 atom stereocenters. The highest BCUT2D eigenvalue weighted by Crippen LogP contribution is 2.41. The molecule has 3 N–H and O–H groups in total. The molecule has 5 rings (SSSR count). The van der Waals surface area contributed by atoms with Crippen LogP contribution in [0.5, 0.6) is 0 Å². The van der Waals surface area contributed by atoms with Gasteiger partial charge in [-0.3, -0.25) is 8.98 Å². The number of ether oxygens (including phenoxy) is 1. The fourth-order valence-corrected chi connectivity index (χ4v) is 6.59. The summed E-state index contributed by atoms with van der Waals surface area (Å²) in [6.07, 6.45) is 1.25. The summed E-state index contributed by atoms with van der Waals surface area (Å²) in [4.78, 5) is 26.5. The molecule has 1 aliphatic carbocycles. The van der Waals surface area contributed by atoms with Crippen LogP contribution in [0.2, 0.25) is 9.49 Å². The van der Waals surface area contributed by atoms with Gasteiger partial charge in [-0.05, 0) is 37.0 Å². The lowest BCUT2D eigenvalue weighted by atomic mass is 9.99. The zero-order valence-electron chi connectivity index (χ0n) is 19.9. The van der Waals surface area contributed by atoms with Crippen LogP contribution in [0, 0.1) is 0 Å². The van der Waals surface area contributed by atoms with E-state index in [4.69, 9.17) is 32.1 Å². The Bertz CT molecular complexity index is 1470. The quantitative estimate of drug-likeness (QED) is 0.260. The summed E-state index contributed by atoms with van der Waals surface area (Å²) in [5, 5.41) is 13.8. The minimum Gasteiger partial charge on any atom is -0.390 e. The fraction of sp³-hybridized carbons (Fsp3) is 0.391. The van der Waals surface area contributed by atoms with E-state index in [0.29, 0.717) is 38.7 Å². The van der Waals surface area contributed by atoms with Gasteiger partial charge in [0.15, 0.2) is 0 Å². The minimum atomic E-state index is -3.97. The van der Waals surface area contributed by atoms with Gasteiger partial charge in [0, 0.05) is 24.8 Å². The third-order valence-electron chi connectivity index (χ3n) is 6.37. The number of carbonyl (C=O) groups excluding carboxylic acids is 1. The van der Waals surface area contributed by atoms with Crippen molar-refractivity contribution >= 4 is 56.4 Å². The van der Waals surface area contributed by atoms with Crippen molar-refractivity contribution in [2.45, 2.75) is 43.6 Å². The van der Waals surface area contributed by atoms with Crippen LogP contribution in [0.15, 0.2) is 30.7 Å². The zero-order chi connectivity index (χ0) is 27.0. The second kappa shape index (κ2) is 11.1. The summed E-state index contributed by atoms with van der Waals surface area (Å²) in [5.74, 6) is -0.108. The highest BCUT2D eigenvalue weighted by molar-refractivity contribution is 7.84. The van der Waals surface area contributed by atoms with Gasteiger partial charge in [0.05, 0.1) is 33.2 Å². The third-order valence-corrected chi connectivity index (χ3v) is 8.97. The average molecular weight is 601 g/mol. The first kappa shape index (κ1) is 27.3. The predicted molar refractivity (Wildman–Crippen MR) is 141 cm³/mol. The SMILES string of the molecule is CNS(=O)(=O)O[C@@H]1C[C@H](Nc2ncncc2C(=O)c2cc([C@@H]3OCCc4ccc(Cl)nc43)c(Cl)s2)C[C@@H]1O. The van der Waals surface area contributed by atoms with E-state index in [9.17, 15) is 18.3 Å². The number of aliphatic hydroxyl groups is 1. The van der Waals surface area contributed by atoms with Crippen molar-refractivity contribution in [1.29, 1.82) is 0 Å². The summed E-state index contributed by atoms with van der Waals surface area (Å²) in [7, 11) is -2.75. The third kappa shape index (κ3) is 5.70. The number of nitrogens with zero attached hydrogens (tertiary/aromatic N) is 3. The second-order valence-corrected chi connectivity index (χ2v) is 12.4. The fourth-order valence-electron chi connectivity index (χ4n) is 4.54. The van der Waals surface area contributed by atoms with E-state index in [1.54, 1.807) is 12.1 Å². The summed E-state index contributed by atoms with van der Waals surface area (Å²) in [5.41, 5.74) is 2.49. The molecule has 0 amide bonds. The number of fused-ring (bicyclic) bond motifs is 1. The lowest BCUT2D eigenvalue weighted by Gasteiger charge is -2.25. The smallest absolute Gasteiger partial charge is 0.335 e. The molecule has 2 aliphatic rings. The molecule has 0 aromatic carbocycles. The summed E-state index contributed by atoms with van der Waals surface area (Å²) in [6, 6.07) is 4.93. The monoisotopic (exact) mass is 599 g/mol. The van der Waals surface area contributed by atoms with Gasteiger partial charge in [0.2, 0.25) is 5.78 Å². The number of carbonyl (C=O) groups is 1. The summed E-state index contributed by atoms with van der Waals surface area (Å²) >= 11 is 13.8. The average Bonchev–Trinajstić information content (AvgIpc) is 3.44. The lowest BCUT2D eigenvalue weighted by molar-refractivity contribution is 0.0636. The van der Waals surface area contributed by atoms with Gasteiger partial charge in [0.25, 0.3) is 0 Å². The van der Waals surface area contributed by atoms with E-state index < -0.39 is 34.7 Å². The van der Waals surface area contributed by atoms with Crippen molar-refractivity contribution in [3.8, 4) is 0 Å². The maximum absolute atomic E-state index is 13.5. The molecule has 3 aromatic rings. The normalized spacial score (nSPS) is 23.3. The molecule has 0 unspecified atom stereocenters. The number of anilines is 1. The van der Waals surface area contributed by atoms with Gasteiger partial charge in [0.1, 0.15) is 29.5 Å². The minimum absolute atomic E-state index is 0.183. The molecular weight excluding hydrogens is 577 g/mol. The molecule has 0 radical (unpaired) electrons. The number of nitrogens with one attached hydrogen (secondary N) is 2. The van der Waals surface area contributed by atoms with Crippen LogP contribution in [0.25, 0.3) is 0 Å². The van der Waals surface area contributed by atoms with Gasteiger partial charge in [-0.2, -0.15) is 13.1 Å². The van der Waals surface area contributed by atoms with E-state index in [2.05, 4.69) is 25.0 Å². The number of aliphatic hydroxyl groups excluding tert-OH is 1. The van der Waals surface area contributed by atoms with E-state index in [-0.39, 0.29) is 30.0 Å². The first-order valence-electron chi connectivity index (χ1n) is 11.6. The van der Waals surface area contributed by atoms with Crippen LogP contribution in [-0.2, 0) is 25.6 Å². The molecule has 0 saturated heterocycles. The van der Waals surface area contributed by atoms with Crippen LogP contribution in [-0.4, -0.2) is 66.2 Å².